The molecule has 0 spiro atoms. The molecule has 0 heterocycles. The van der Waals surface area contributed by atoms with Crippen molar-refractivity contribution in [2.24, 2.45) is 11.7 Å². The number of halogens is 1. The van der Waals surface area contributed by atoms with Gasteiger partial charge >= 0.3 is 0 Å². The average molecular weight is 210 g/mol. The summed E-state index contributed by atoms with van der Waals surface area (Å²) in [5, 5.41) is 0.852. The molecule has 0 saturated heterocycles. The third kappa shape index (κ3) is 1.45. The first kappa shape index (κ1) is 10.0. The second-order valence-corrected chi connectivity index (χ2v) is 4.95. The first-order chi connectivity index (χ1) is 6.55. The standard InChI is InChI=1S/C12H16ClN/c1-8(2)12(14)7-10(12)9-5-3-4-6-11(9)13/h3-6,8,10H,7,14H2,1-2H3. The van der Waals surface area contributed by atoms with Gasteiger partial charge in [-0.2, -0.15) is 0 Å². The van der Waals surface area contributed by atoms with Crippen molar-refractivity contribution in [3.05, 3.63) is 34.9 Å². The lowest BCUT2D eigenvalue weighted by molar-refractivity contribution is 0.464. The highest BCUT2D eigenvalue weighted by Crippen LogP contribution is 2.55. The van der Waals surface area contributed by atoms with E-state index in [1.54, 1.807) is 0 Å². The zero-order chi connectivity index (χ0) is 10.3. The predicted octanol–water partition coefficient (Wildman–Crippen LogP) is 3.18. The number of hydrogen-bond donors (Lipinski definition) is 1. The van der Waals surface area contributed by atoms with E-state index >= 15 is 0 Å². The Morgan fingerprint density at radius 3 is 2.57 bits per heavy atom. The Hall–Kier alpha value is -0.530. The van der Waals surface area contributed by atoms with Crippen LogP contribution in [0.1, 0.15) is 31.7 Å². The number of nitrogens with two attached hydrogens (primary N) is 1. The Balaban J connectivity index is 2.25. The average Bonchev–Trinajstić information content (AvgIpc) is 2.80. The largest absolute Gasteiger partial charge is 0.324 e. The molecule has 1 aliphatic rings. The minimum Gasteiger partial charge on any atom is -0.324 e. The lowest BCUT2D eigenvalue weighted by atomic mass is 9.97. The van der Waals surface area contributed by atoms with E-state index in [-0.39, 0.29) is 5.54 Å². The molecule has 0 amide bonds. The quantitative estimate of drug-likeness (QED) is 0.796. The molecule has 0 aliphatic heterocycles. The summed E-state index contributed by atoms with van der Waals surface area (Å²) in [6, 6.07) is 8.02. The topological polar surface area (TPSA) is 26.0 Å². The van der Waals surface area contributed by atoms with Gasteiger partial charge in [-0.05, 0) is 24.0 Å². The predicted molar refractivity (Wildman–Crippen MR) is 60.6 cm³/mol. The van der Waals surface area contributed by atoms with Crippen LogP contribution >= 0.6 is 11.6 Å². The zero-order valence-corrected chi connectivity index (χ0v) is 9.38. The van der Waals surface area contributed by atoms with Crippen LogP contribution in [0.25, 0.3) is 0 Å². The van der Waals surface area contributed by atoms with E-state index in [0.29, 0.717) is 11.8 Å². The van der Waals surface area contributed by atoms with Gasteiger partial charge in [0.2, 0.25) is 0 Å². The van der Waals surface area contributed by atoms with E-state index < -0.39 is 0 Å². The van der Waals surface area contributed by atoms with Crippen molar-refractivity contribution in [2.75, 3.05) is 0 Å². The van der Waals surface area contributed by atoms with Gasteiger partial charge in [0.1, 0.15) is 0 Å². The third-order valence-corrected chi connectivity index (χ3v) is 3.75. The summed E-state index contributed by atoms with van der Waals surface area (Å²) in [6.07, 6.45) is 1.06. The van der Waals surface area contributed by atoms with E-state index in [1.165, 1.54) is 5.56 Å². The fourth-order valence-corrected chi connectivity index (χ4v) is 2.36. The maximum Gasteiger partial charge on any atom is 0.0441 e. The summed E-state index contributed by atoms with van der Waals surface area (Å²) in [6.45, 7) is 4.35. The van der Waals surface area contributed by atoms with Gasteiger partial charge in [-0.1, -0.05) is 43.6 Å². The Bertz CT molecular complexity index is 348. The summed E-state index contributed by atoms with van der Waals surface area (Å²) in [5.74, 6) is 0.972. The molecule has 76 valence electrons. The lowest BCUT2D eigenvalue weighted by Crippen LogP contribution is -2.30. The molecule has 2 unspecified atom stereocenters. The Morgan fingerprint density at radius 1 is 1.43 bits per heavy atom. The van der Waals surface area contributed by atoms with Crippen molar-refractivity contribution in [1.82, 2.24) is 0 Å². The summed E-state index contributed by atoms with van der Waals surface area (Å²) < 4.78 is 0. The monoisotopic (exact) mass is 209 g/mol. The minimum atomic E-state index is -0.0228. The molecule has 1 nitrogen and oxygen atoms in total. The summed E-state index contributed by atoms with van der Waals surface area (Å²) in [4.78, 5) is 0. The van der Waals surface area contributed by atoms with Crippen LogP contribution in [0.4, 0.5) is 0 Å². The third-order valence-electron chi connectivity index (χ3n) is 3.40. The normalized spacial score (nSPS) is 30.8. The second kappa shape index (κ2) is 3.25. The molecule has 1 saturated carbocycles. The van der Waals surface area contributed by atoms with Crippen LogP contribution in [-0.4, -0.2) is 5.54 Å². The summed E-state index contributed by atoms with van der Waals surface area (Å²) in [7, 11) is 0. The summed E-state index contributed by atoms with van der Waals surface area (Å²) in [5.41, 5.74) is 7.47. The molecule has 2 N–H and O–H groups in total. The van der Waals surface area contributed by atoms with Crippen LogP contribution in [0.2, 0.25) is 5.02 Å². The maximum absolute atomic E-state index is 6.28. The van der Waals surface area contributed by atoms with Crippen molar-refractivity contribution in [2.45, 2.75) is 31.7 Å². The van der Waals surface area contributed by atoms with Crippen molar-refractivity contribution in [1.29, 1.82) is 0 Å². The number of hydrogen-bond acceptors (Lipinski definition) is 1. The van der Waals surface area contributed by atoms with Crippen LogP contribution < -0.4 is 5.73 Å². The van der Waals surface area contributed by atoms with E-state index in [4.69, 9.17) is 17.3 Å². The van der Waals surface area contributed by atoms with Gasteiger partial charge in [0.05, 0.1) is 0 Å². The highest BCUT2D eigenvalue weighted by atomic mass is 35.5. The molecule has 1 fully saturated rings. The fourth-order valence-electron chi connectivity index (χ4n) is 2.09. The molecular formula is C12H16ClN. The van der Waals surface area contributed by atoms with E-state index in [2.05, 4.69) is 19.9 Å². The molecule has 1 aromatic rings. The van der Waals surface area contributed by atoms with Crippen molar-refractivity contribution >= 4 is 11.6 Å². The highest BCUT2D eigenvalue weighted by Gasteiger charge is 2.54. The number of rotatable bonds is 2. The molecule has 2 rings (SSSR count). The van der Waals surface area contributed by atoms with Gasteiger partial charge in [-0.15, -0.1) is 0 Å². The Labute approximate surface area is 90.3 Å². The molecule has 0 bridgehead atoms. The van der Waals surface area contributed by atoms with Gasteiger partial charge in [0.15, 0.2) is 0 Å². The molecule has 2 heteroatoms. The van der Waals surface area contributed by atoms with Crippen LogP contribution in [0.15, 0.2) is 24.3 Å². The van der Waals surface area contributed by atoms with Crippen molar-refractivity contribution < 1.29 is 0 Å². The van der Waals surface area contributed by atoms with Crippen LogP contribution in [-0.2, 0) is 0 Å². The lowest BCUT2D eigenvalue weighted by Gasteiger charge is -2.16. The van der Waals surface area contributed by atoms with E-state index in [0.717, 1.165) is 11.4 Å². The SMILES string of the molecule is CC(C)C1(N)CC1c1ccccc1Cl. The van der Waals surface area contributed by atoms with E-state index in [9.17, 15) is 0 Å². The maximum atomic E-state index is 6.28. The molecule has 2 atom stereocenters. The summed E-state index contributed by atoms with van der Waals surface area (Å²) >= 11 is 6.14. The van der Waals surface area contributed by atoms with Crippen molar-refractivity contribution in [3.8, 4) is 0 Å². The second-order valence-electron chi connectivity index (χ2n) is 4.55. The molecule has 1 aromatic carbocycles. The minimum absolute atomic E-state index is 0.0228. The van der Waals surface area contributed by atoms with Crippen LogP contribution in [0.5, 0.6) is 0 Å². The fraction of sp³-hybridized carbons (Fsp3) is 0.500. The smallest absolute Gasteiger partial charge is 0.0441 e. The van der Waals surface area contributed by atoms with Gasteiger partial charge in [0, 0.05) is 16.5 Å². The molecule has 0 aromatic heterocycles. The molecular weight excluding hydrogens is 194 g/mol. The van der Waals surface area contributed by atoms with Crippen molar-refractivity contribution in [3.63, 3.8) is 0 Å². The van der Waals surface area contributed by atoms with Gasteiger partial charge < -0.3 is 5.73 Å². The van der Waals surface area contributed by atoms with E-state index in [1.807, 2.05) is 18.2 Å². The van der Waals surface area contributed by atoms with Gasteiger partial charge in [0.25, 0.3) is 0 Å². The highest BCUT2D eigenvalue weighted by molar-refractivity contribution is 6.31. The van der Waals surface area contributed by atoms with Crippen LogP contribution in [0.3, 0.4) is 0 Å². The first-order valence-corrected chi connectivity index (χ1v) is 5.47. The van der Waals surface area contributed by atoms with Crippen LogP contribution in [0, 0.1) is 5.92 Å². The first-order valence-electron chi connectivity index (χ1n) is 5.09. The molecule has 14 heavy (non-hydrogen) atoms. The zero-order valence-electron chi connectivity index (χ0n) is 8.63. The number of benzene rings is 1. The van der Waals surface area contributed by atoms with Gasteiger partial charge in [-0.3, -0.25) is 0 Å². The van der Waals surface area contributed by atoms with Gasteiger partial charge in [-0.25, -0.2) is 0 Å². The Kier molecular flexibility index (Phi) is 2.32. The Morgan fingerprint density at radius 2 is 2.07 bits per heavy atom. The molecule has 1 aliphatic carbocycles. The molecule has 0 radical (unpaired) electrons.